The molecule has 0 nitrogen and oxygen atoms in total. The van der Waals surface area contributed by atoms with Crippen LogP contribution in [0.5, 0.6) is 0 Å². The van der Waals surface area contributed by atoms with Crippen molar-refractivity contribution in [3.8, 4) is 0 Å². The van der Waals surface area contributed by atoms with E-state index in [9.17, 15) is 13.2 Å². The average Bonchev–Trinajstić information content (AvgIpc) is 1.99. The third-order valence-corrected chi connectivity index (χ3v) is 3.94. The van der Waals surface area contributed by atoms with Crippen molar-refractivity contribution < 1.29 is 13.2 Å². The summed E-state index contributed by atoms with van der Waals surface area (Å²) in [7, 11) is 0. The van der Waals surface area contributed by atoms with E-state index in [2.05, 4.69) is 0 Å². The van der Waals surface area contributed by atoms with Crippen LogP contribution in [0.2, 0.25) is 0 Å². The molecule has 0 N–H and O–H groups in total. The van der Waals surface area contributed by atoms with Crippen molar-refractivity contribution in [1.82, 2.24) is 0 Å². The topological polar surface area (TPSA) is 0 Å². The minimum absolute atomic E-state index is 0.0361. The van der Waals surface area contributed by atoms with Crippen molar-refractivity contribution in [2.75, 3.05) is 0 Å². The first-order valence-corrected chi connectivity index (χ1v) is 6.03. The van der Waals surface area contributed by atoms with Gasteiger partial charge in [-0.05, 0) is 23.7 Å². The lowest BCUT2D eigenvalue weighted by Crippen LogP contribution is -2.49. The highest BCUT2D eigenvalue weighted by molar-refractivity contribution is 4.93. The van der Waals surface area contributed by atoms with E-state index in [0.717, 1.165) is 0 Å². The molecule has 0 amide bonds. The highest BCUT2D eigenvalue weighted by Gasteiger charge is 2.58. The summed E-state index contributed by atoms with van der Waals surface area (Å²) in [6.45, 7) is 12.3. The molecule has 16 heavy (non-hydrogen) atoms. The molecule has 0 aliphatic heterocycles. The van der Waals surface area contributed by atoms with Crippen LogP contribution in [-0.4, -0.2) is 6.18 Å². The van der Waals surface area contributed by atoms with Crippen molar-refractivity contribution in [3.63, 3.8) is 0 Å². The van der Waals surface area contributed by atoms with Gasteiger partial charge in [0.1, 0.15) is 0 Å². The summed E-state index contributed by atoms with van der Waals surface area (Å²) in [5.74, 6) is -0.669. The highest BCUT2D eigenvalue weighted by atomic mass is 19.4. The molecule has 0 spiro atoms. The van der Waals surface area contributed by atoms with Gasteiger partial charge in [-0.2, -0.15) is 13.2 Å². The molecule has 0 heterocycles. The molecule has 0 aromatic rings. The number of hydrogen-bond acceptors (Lipinski definition) is 0. The molecule has 98 valence electrons. The molecule has 3 heteroatoms. The van der Waals surface area contributed by atoms with Gasteiger partial charge in [0, 0.05) is 0 Å². The van der Waals surface area contributed by atoms with Gasteiger partial charge < -0.3 is 0 Å². The Morgan fingerprint density at radius 1 is 0.750 bits per heavy atom. The highest BCUT2D eigenvalue weighted by Crippen LogP contribution is 2.53. The van der Waals surface area contributed by atoms with Crippen molar-refractivity contribution in [2.45, 2.75) is 54.6 Å². The van der Waals surface area contributed by atoms with Crippen molar-refractivity contribution in [3.05, 3.63) is 0 Å². The van der Waals surface area contributed by atoms with Crippen molar-refractivity contribution in [1.29, 1.82) is 0 Å². The minimum Gasteiger partial charge on any atom is -0.170 e. The van der Waals surface area contributed by atoms with Crippen LogP contribution in [0.15, 0.2) is 0 Å². The third kappa shape index (κ3) is 2.72. The van der Waals surface area contributed by atoms with Crippen LogP contribution < -0.4 is 0 Å². The molecule has 0 rings (SSSR count). The predicted molar refractivity (Wildman–Crippen MR) is 62.2 cm³/mol. The standard InChI is InChI=1S/C13H25F3/c1-8(2)11(9(3)4)12(7,10(5)6)13(14,15)16/h8-11H,1-7H3/t12-/m0/s1. The Hall–Kier alpha value is -0.210. The lowest BCUT2D eigenvalue weighted by atomic mass is 9.61. The molecular formula is C13H25F3. The summed E-state index contributed by atoms with van der Waals surface area (Å²) in [4.78, 5) is 0. The summed E-state index contributed by atoms with van der Waals surface area (Å²) >= 11 is 0. The second kappa shape index (κ2) is 4.97. The lowest BCUT2D eigenvalue weighted by molar-refractivity contribution is -0.263. The van der Waals surface area contributed by atoms with E-state index < -0.39 is 17.5 Å². The van der Waals surface area contributed by atoms with E-state index >= 15 is 0 Å². The molecule has 0 saturated heterocycles. The molecule has 0 aliphatic carbocycles. The number of halogens is 3. The Balaban J connectivity index is 5.49. The van der Waals surface area contributed by atoms with Gasteiger partial charge in [0.2, 0.25) is 0 Å². The number of hydrogen-bond donors (Lipinski definition) is 0. The van der Waals surface area contributed by atoms with Crippen LogP contribution in [0.25, 0.3) is 0 Å². The van der Waals surface area contributed by atoms with Gasteiger partial charge >= 0.3 is 6.18 Å². The van der Waals surface area contributed by atoms with Gasteiger partial charge in [-0.1, -0.05) is 48.5 Å². The van der Waals surface area contributed by atoms with E-state index in [1.165, 1.54) is 6.92 Å². The van der Waals surface area contributed by atoms with Gasteiger partial charge in [-0.3, -0.25) is 0 Å². The first-order chi connectivity index (χ1) is 6.96. The van der Waals surface area contributed by atoms with Crippen LogP contribution in [0.1, 0.15) is 48.5 Å². The van der Waals surface area contributed by atoms with Crippen molar-refractivity contribution >= 4 is 0 Å². The normalized spacial score (nSPS) is 17.6. The zero-order valence-electron chi connectivity index (χ0n) is 11.4. The summed E-state index contributed by atoms with van der Waals surface area (Å²) in [5.41, 5.74) is -1.60. The van der Waals surface area contributed by atoms with Crippen LogP contribution in [0.4, 0.5) is 13.2 Å². The van der Waals surface area contributed by atoms with Crippen LogP contribution in [0.3, 0.4) is 0 Å². The van der Waals surface area contributed by atoms with Gasteiger partial charge in [-0.25, -0.2) is 0 Å². The second-order valence-corrected chi connectivity index (χ2v) is 5.95. The largest absolute Gasteiger partial charge is 0.394 e. The molecule has 0 aliphatic rings. The maximum atomic E-state index is 13.3. The Kier molecular flexibility index (Phi) is 4.90. The SMILES string of the molecule is CC(C)C(C(C)C)[C@](C)(C(C)C)C(F)(F)F. The molecule has 0 aromatic carbocycles. The molecule has 0 bridgehead atoms. The quantitative estimate of drug-likeness (QED) is 0.636. The molecule has 0 aromatic heterocycles. The van der Waals surface area contributed by atoms with E-state index in [1.54, 1.807) is 13.8 Å². The lowest BCUT2D eigenvalue weighted by Gasteiger charge is -2.46. The van der Waals surface area contributed by atoms with E-state index in [0.29, 0.717) is 0 Å². The van der Waals surface area contributed by atoms with Crippen LogP contribution in [0, 0.1) is 29.1 Å². The fourth-order valence-electron chi connectivity index (χ4n) is 3.06. The molecule has 1 atom stereocenters. The van der Waals surface area contributed by atoms with Gasteiger partial charge in [-0.15, -0.1) is 0 Å². The molecule has 0 radical (unpaired) electrons. The summed E-state index contributed by atoms with van der Waals surface area (Å²) in [5, 5.41) is 0. The number of rotatable bonds is 4. The molecule has 0 saturated carbocycles. The fourth-order valence-corrected chi connectivity index (χ4v) is 3.06. The Morgan fingerprint density at radius 2 is 1.06 bits per heavy atom. The molecular weight excluding hydrogens is 213 g/mol. The maximum absolute atomic E-state index is 13.3. The smallest absolute Gasteiger partial charge is 0.170 e. The Bertz CT molecular complexity index is 208. The number of alkyl halides is 3. The third-order valence-electron chi connectivity index (χ3n) is 3.94. The first kappa shape index (κ1) is 15.8. The Labute approximate surface area is 97.6 Å². The van der Waals surface area contributed by atoms with Gasteiger partial charge in [0.25, 0.3) is 0 Å². The second-order valence-electron chi connectivity index (χ2n) is 5.95. The Morgan fingerprint density at radius 3 is 1.12 bits per heavy atom. The zero-order valence-corrected chi connectivity index (χ0v) is 11.4. The van der Waals surface area contributed by atoms with Crippen LogP contribution in [-0.2, 0) is 0 Å². The fraction of sp³-hybridized carbons (Fsp3) is 1.00. The summed E-state index contributed by atoms with van der Waals surface area (Å²) in [6.07, 6.45) is -4.14. The van der Waals surface area contributed by atoms with E-state index in [1.807, 2.05) is 27.7 Å². The molecule has 0 fully saturated rings. The maximum Gasteiger partial charge on any atom is 0.394 e. The van der Waals surface area contributed by atoms with E-state index in [4.69, 9.17) is 0 Å². The van der Waals surface area contributed by atoms with Gasteiger partial charge in [0.05, 0.1) is 5.41 Å². The average molecular weight is 238 g/mol. The van der Waals surface area contributed by atoms with Crippen LogP contribution >= 0.6 is 0 Å². The monoisotopic (exact) mass is 238 g/mol. The summed E-state index contributed by atoms with van der Waals surface area (Å²) in [6, 6.07) is 0. The molecule has 0 unspecified atom stereocenters. The van der Waals surface area contributed by atoms with E-state index in [-0.39, 0.29) is 17.8 Å². The zero-order chi connectivity index (χ0) is 13.3. The van der Waals surface area contributed by atoms with Crippen molar-refractivity contribution in [2.24, 2.45) is 29.1 Å². The minimum atomic E-state index is -4.14. The predicted octanol–water partition coefficient (Wildman–Crippen LogP) is 5.14. The summed E-state index contributed by atoms with van der Waals surface area (Å²) < 4.78 is 40.0. The first-order valence-electron chi connectivity index (χ1n) is 6.03. The van der Waals surface area contributed by atoms with Gasteiger partial charge in [0.15, 0.2) is 0 Å².